The number of benzene rings is 1. The van der Waals surface area contributed by atoms with Crippen molar-refractivity contribution < 1.29 is 24.0 Å². The number of urea groups is 1. The highest BCUT2D eigenvalue weighted by Crippen LogP contribution is 2.23. The van der Waals surface area contributed by atoms with Crippen LogP contribution in [0.1, 0.15) is 6.42 Å². The van der Waals surface area contributed by atoms with E-state index >= 15 is 0 Å². The molecule has 1 aromatic carbocycles. The first-order valence-electron chi connectivity index (χ1n) is 6.08. The number of nitro benzene ring substituents is 1. The lowest BCUT2D eigenvalue weighted by Crippen LogP contribution is -2.52. The second-order valence-electron chi connectivity index (χ2n) is 4.75. The van der Waals surface area contributed by atoms with Crippen molar-refractivity contribution in [3.63, 3.8) is 0 Å². The SMILES string of the molecule is O=C(O)CC1CN(C(=O)Nc2cc(F)cc([N+](=O)[O-])c2)C1. The molecule has 8 nitrogen and oxygen atoms in total. The number of carboxylic acid groups (broad SMARTS) is 1. The predicted molar refractivity (Wildman–Crippen MR) is 69.4 cm³/mol. The Hall–Kier alpha value is -2.71. The molecule has 0 radical (unpaired) electrons. The molecule has 0 spiro atoms. The first-order chi connectivity index (χ1) is 9.85. The Balaban J connectivity index is 1.95. The minimum Gasteiger partial charge on any atom is -0.481 e. The van der Waals surface area contributed by atoms with E-state index in [0.29, 0.717) is 0 Å². The van der Waals surface area contributed by atoms with E-state index in [4.69, 9.17) is 5.11 Å². The van der Waals surface area contributed by atoms with Gasteiger partial charge in [-0.3, -0.25) is 14.9 Å². The second kappa shape index (κ2) is 5.73. The van der Waals surface area contributed by atoms with E-state index < -0.39 is 28.4 Å². The third-order valence-electron chi connectivity index (χ3n) is 3.05. The first kappa shape index (κ1) is 14.7. The lowest BCUT2D eigenvalue weighted by Gasteiger charge is -2.38. The maximum absolute atomic E-state index is 13.2. The zero-order valence-electron chi connectivity index (χ0n) is 10.8. The Morgan fingerprint density at radius 2 is 2.10 bits per heavy atom. The van der Waals surface area contributed by atoms with Crippen LogP contribution in [0.4, 0.5) is 20.6 Å². The molecule has 2 amide bonds. The monoisotopic (exact) mass is 297 g/mol. The number of carbonyl (C=O) groups is 2. The molecule has 0 unspecified atom stereocenters. The van der Waals surface area contributed by atoms with E-state index in [1.165, 1.54) is 4.90 Å². The van der Waals surface area contributed by atoms with E-state index in [1.807, 2.05) is 0 Å². The van der Waals surface area contributed by atoms with Crippen molar-refractivity contribution in [2.75, 3.05) is 18.4 Å². The van der Waals surface area contributed by atoms with E-state index in [-0.39, 0.29) is 31.1 Å². The molecule has 1 fully saturated rings. The van der Waals surface area contributed by atoms with Crippen molar-refractivity contribution in [3.05, 3.63) is 34.1 Å². The van der Waals surface area contributed by atoms with Crippen LogP contribution in [0, 0.1) is 21.8 Å². The van der Waals surface area contributed by atoms with Gasteiger partial charge >= 0.3 is 12.0 Å². The number of rotatable bonds is 4. The Morgan fingerprint density at radius 3 is 2.67 bits per heavy atom. The summed E-state index contributed by atoms with van der Waals surface area (Å²) in [7, 11) is 0. The number of nitrogens with zero attached hydrogens (tertiary/aromatic N) is 2. The van der Waals surface area contributed by atoms with Gasteiger partial charge in [-0.1, -0.05) is 0 Å². The third-order valence-corrected chi connectivity index (χ3v) is 3.05. The summed E-state index contributed by atoms with van der Waals surface area (Å²) in [6, 6.07) is 2.23. The number of non-ortho nitro benzene ring substituents is 1. The second-order valence-corrected chi connectivity index (χ2v) is 4.75. The lowest BCUT2D eigenvalue weighted by atomic mass is 9.97. The largest absolute Gasteiger partial charge is 0.481 e. The van der Waals surface area contributed by atoms with Crippen LogP contribution < -0.4 is 5.32 Å². The highest BCUT2D eigenvalue weighted by atomic mass is 19.1. The van der Waals surface area contributed by atoms with Crippen LogP contribution in [0.5, 0.6) is 0 Å². The molecule has 1 aliphatic rings. The Morgan fingerprint density at radius 1 is 1.43 bits per heavy atom. The van der Waals surface area contributed by atoms with Crippen molar-refractivity contribution in [2.24, 2.45) is 5.92 Å². The van der Waals surface area contributed by atoms with Crippen LogP contribution >= 0.6 is 0 Å². The van der Waals surface area contributed by atoms with Crippen molar-refractivity contribution in [1.29, 1.82) is 0 Å². The van der Waals surface area contributed by atoms with E-state index in [9.17, 15) is 24.1 Å². The number of amides is 2. The standard InChI is InChI=1S/C12H12FN3O5/c13-8-2-9(4-10(3-8)16(20)21)14-12(19)15-5-7(6-15)1-11(17)18/h2-4,7H,1,5-6H2,(H,14,19)(H,17,18). The fourth-order valence-corrected chi connectivity index (χ4v) is 2.07. The average molecular weight is 297 g/mol. The number of halogens is 1. The van der Waals surface area contributed by atoms with Gasteiger partial charge in [-0.25, -0.2) is 9.18 Å². The molecule has 9 heteroatoms. The molecule has 21 heavy (non-hydrogen) atoms. The van der Waals surface area contributed by atoms with E-state index in [0.717, 1.165) is 18.2 Å². The molecule has 0 aromatic heterocycles. The summed E-state index contributed by atoms with van der Waals surface area (Å²) >= 11 is 0. The fourth-order valence-electron chi connectivity index (χ4n) is 2.07. The van der Waals surface area contributed by atoms with Gasteiger partial charge in [0, 0.05) is 25.1 Å². The molecule has 0 saturated carbocycles. The number of hydrogen-bond donors (Lipinski definition) is 2. The summed E-state index contributed by atoms with van der Waals surface area (Å²) in [5.41, 5.74) is -0.481. The van der Waals surface area contributed by atoms with Gasteiger partial charge in [-0.15, -0.1) is 0 Å². The molecule has 0 aliphatic carbocycles. The van der Waals surface area contributed by atoms with Gasteiger partial charge in [0.15, 0.2) is 0 Å². The summed E-state index contributed by atoms with van der Waals surface area (Å²) in [5, 5.41) is 21.5. The molecular weight excluding hydrogens is 285 g/mol. The fraction of sp³-hybridized carbons (Fsp3) is 0.333. The van der Waals surface area contributed by atoms with Crippen molar-refractivity contribution in [3.8, 4) is 0 Å². The molecule has 112 valence electrons. The molecule has 1 aliphatic heterocycles. The van der Waals surface area contributed by atoms with Gasteiger partial charge in [-0.05, 0) is 6.07 Å². The van der Waals surface area contributed by atoms with Gasteiger partial charge in [0.2, 0.25) is 0 Å². The van der Waals surface area contributed by atoms with E-state index in [2.05, 4.69) is 5.32 Å². The molecule has 1 heterocycles. The number of anilines is 1. The highest BCUT2D eigenvalue weighted by Gasteiger charge is 2.32. The van der Waals surface area contributed by atoms with Crippen LogP contribution in [-0.2, 0) is 4.79 Å². The number of aliphatic carboxylic acids is 1. The number of nitro groups is 1. The molecular formula is C12H12FN3O5. The van der Waals surface area contributed by atoms with Crippen LogP contribution in [0.25, 0.3) is 0 Å². The zero-order chi connectivity index (χ0) is 15.6. The van der Waals surface area contributed by atoms with Crippen LogP contribution in [0.3, 0.4) is 0 Å². The van der Waals surface area contributed by atoms with Crippen LogP contribution in [-0.4, -0.2) is 40.0 Å². The number of likely N-dealkylation sites (tertiary alicyclic amines) is 1. The molecule has 2 rings (SSSR count). The maximum atomic E-state index is 13.2. The van der Waals surface area contributed by atoms with Crippen molar-refractivity contribution in [1.82, 2.24) is 4.90 Å². The summed E-state index contributed by atoms with van der Waals surface area (Å²) in [6.07, 6.45) is -0.0186. The lowest BCUT2D eigenvalue weighted by molar-refractivity contribution is -0.385. The molecule has 2 N–H and O–H groups in total. The van der Waals surface area contributed by atoms with Crippen LogP contribution in [0.15, 0.2) is 18.2 Å². The molecule has 0 bridgehead atoms. The maximum Gasteiger partial charge on any atom is 0.321 e. The number of carbonyl (C=O) groups excluding carboxylic acids is 1. The highest BCUT2D eigenvalue weighted by molar-refractivity contribution is 5.90. The van der Waals surface area contributed by atoms with E-state index in [1.54, 1.807) is 0 Å². The molecule has 1 saturated heterocycles. The number of hydrogen-bond acceptors (Lipinski definition) is 4. The van der Waals surface area contributed by atoms with Crippen LogP contribution in [0.2, 0.25) is 0 Å². The summed E-state index contributed by atoms with van der Waals surface area (Å²) in [6.45, 7) is 0.574. The minimum atomic E-state index is -0.930. The Labute approximate surface area is 118 Å². The van der Waals surface area contributed by atoms with Gasteiger partial charge in [-0.2, -0.15) is 0 Å². The Bertz CT molecular complexity index is 601. The van der Waals surface area contributed by atoms with Gasteiger partial charge in [0.1, 0.15) is 5.82 Å². The molecule has 1 aromatic rings. The summed E-state index contributed by atoms with van der Waals surface area (Å²) in [4.78, 5) is 33.5. The average Bonchev–Trinajstić information content (AvgIpc) is 2.31. The minimum absolute atomic E-state index is 0.0186. The van der Waals surface area contributed by atoms with Crippen molar-refractivity contribution in [2.45, 2.75) is 6.42 Å². The first-order valence-corrected chi connectivity index (χ1v) is 6.08. The topological polar surface area (TPSA) is 113 Å². The predicted octanol–water partition coefficient (Wildman–Crippen LogP) is 1.67. The smallest absolute Gasteiger partial charge is 0.321 e. The van der Waals surface area contributed by atoms with Crippen molar-refractivity contribution >= 4 is 23.4 Å². The van der Waals surface area contributed by atoms with Gasteiger partial charge < -0.3 is 15.3 Å². The summed E-state index contributed by atoms with van der Waals surface area (Å²) < 4.78 is 13.2. The van der Waals surface area contributed by atoms with Gasteiger partial charge in [0.05, 0.1) is 23.1 Å². The van der Waals surface area contributed by atoms with Gasteiger partial charge in [0.25, 0.3) is 5.69 Å². The Kier molecular flexibility index (Phi) is 4.01. The quantitative estimate of drug-likeness (QED) is 0.648. The third kappa shape index (κ3) is 3.65. The number of carboxylic acids is 1. The normalized spacial score (nSPS) is 14.4. The molecule has 0 atom stereocenters. The summed E-state index contributed by atoms with van der Waals surface area (Å²) in [5.74, 6) is -1.86. The zero-order valence-corrected chi connectivity index (χ0v) is 10.8. The number of nitrogens with one attached hydrogen (secondary N) is 1.